The maximum Gasteiger partial charge on any atom is 0.282 e. The van der Waals surface area contributed by atoms with E-state index in [0.29, 0.717) is 61.8 Å². The standard InChI is InChI=1S/C32H22Cl2IN3O4/c1-2-40-28-15-20(14-25(35)30(28)41-18-19-11-12-23(33)24(34)13-19)17-36-38-31(29-16-21-7-3-6-10-27(21)42-29)37-26-9-5-4-8-22(26)32(38)39/h3-17H,2,18H2,1H3. The molecule has 0 amide bonds. The maximum atomic E-state index is 13.6. The van der Waals surface area contributed by atoms with Crippen LogP contribution in [0.5, 0.6) is 11.5 Å². The highest BCUT2D eigenvalue weighted by molar-refractivity contribution is 14.1. The van der Waals surface area contributed by atoms with E-state index >= 15 is 0 Å². The van der Waals surface area contributed by atoms with Crippen LogP contribution in [0.3, 0.4) is 0 Å². The zero-order valence-electron chi connectivity index (χ0n) is 22.2. The first-order chi connectivity index (χ1) is 20.4. The molecule has 2 aromatic heterocycles. The van der Waals surface area contributed by atoms with Gasteiger partial charge in [0.1, 0.15) is 12.2 Å². The molecule has 0 aliphatic carbocycles. The summed E-state index contributed by atoms with van der Waals surface area (Å²) in [6.45, 7) is 2.61. The van der Waals surface area contributed by atoms with E-state index in [0.717, 1.165) is 14.5 Å². The Balaban J connectivity index is 1.39. The lowest BCUT2D eigenvalue weighted by Crippen LogP contribution is -2.20. The van der Waals surface area contributed by atoms with Gasteiger partial charge in [-0.1, -0.05) is 59.6 Å². The van der Waals surface area contributed by atoms with Crippen LogP contribution in [0, 0.1) is 3.57 Å². The quantitative estimate of drug-likeness (QED) is 0.117. The fourth-order valence-corrected chi connectivity index (χ4v) is 5.56. The summed E-state index contributed by atoms with van der Waals surface area (Å²) in [6, 6.07) is 25.7. The van der Waals surface area contributed by atoms with E-state index in [1.54, 1.807) is 36.5 Å². The molecule has 7 nitrogen and oxygen atoms in total. The van der Waals surface area contributed by atoms with Gasteiger partial charge in [0.2, 0.25) is 5.82 Å². The number of fused-ring (bicyclic) bond motifs is 2. The molecule has 2 heterocycles. The third-order valence-electron chi connectivity index (χ3n) is 6.42. The molecule has 0 spiro atoms. The Hall–Kier alpha value is -3.86. The molecule has 0 bridgehead atoms. The summed E-state index contributed by atoms with van der Waals surface area (Å²) in [5, 5.41) is 6.88. The summed E-state index contributed by atoms with van der Waals surface area (Å²) in [5.41, 5.74) is 2.52. The van der Waals surface area contributed by atoms with E-state index in [4.69, 9.17) is 42.1 Å². The number of nitrogens with zero attached hydrogens (tertiary/aromatic N) is 3. The molecule has 0 saturated carbocycles. The normalized spacial score (nSPS) is 11.5. The van der Waals surface area contributed by atoms with Gasteiger partial charge in [0, 0.05) is 5.39 Å². The van der Waals surface area contributed by atoms with Gasteiger partial charge < -0.3 is 13.9 Å². The first kappa shape index (κ1) is 28.3. The van der Waals surface area contributed by atoms with Crippen molar-refractivity contribution in [1.82, 2.24) is 9.66 Å². The zero-order chi connectivity index (χ0) is 29.2. The van der Waals surface area contributed by atoms with Crippen LogP contribution in [-0.2, 0) is 6.61 Å². The van der Waals surface area contributed by atoms with Crippen molar-refractivity contribution in [3.05, 3.63) is 120 Å². The van der Waals surface area contributed by atoms with Gasteiger partial charge in [-0.15, -0.1) is 0 Å². The summed E-state index contributed by atoms with van der Waals surface area (Å²) >= 11 is 14.4. The largest absolute Gasteiger partial charge is 0.490 e. The van der Waals surface area contributed by atoms with E-state index < -0.39 is 0 Å². The number of halogens is 3. The van der Waals surface area contributed by atoms with Crippen molar-refractivity contribution in [3.8, 4) is 23.1 Å². The number of furan rings is 1. The van der Waals surface area contributed by atoms with Crippen molar-refractivity contribution in [1.29, 1.82) is 0 Å². The molecular formula is C32H22Cl2IN3O4. The number of ether oxygens (including phenoxy) is 2. The minimum atomic E-state index is -0.311. The number of para-hydroxylation sites is 2. The fraction of sp³-hybridized carbons (Fsp3) is 0.0938. The van der Waals surface area contributed by atoms with E-state index in [-0.39, 0.29) is 12.2 Å². The Bertz CT molecular complexity index is 2000. The molecular weight excluding hydrogens is 688 g/mol. The molecule has 0 aliphatic heterocycles. The number of hydrogen-bond acceptors (Lipinski definition) is 6. The molecule has 0 N–H and O–H groups in total. The molecule has 0 saturated heterocycles. The Kier molecular flexibility index (Phi) is 8.19. The van der Waals surface area contributed by atoms with E-state index in [1.165, 1.54) is 4.68 Å². The lowest BCUT2D eigenvalue weighted by molar-refractivity contribution is 0.267. The predicted molar refractivity (Wildman–Crippen MR) is 175 cm³/mol. The van der Waals surface area contributed by atoms with Crippen LogP contribution >= 0.6 is 45.8 Å². The van der Waals surface area contributed by atoms with Crippen LogP contribution in [0.15, 0.2) is 99.2 Å². The maximum absolute atomic E-state index is 13.6. The lowest BCUT2D eigenvalue weighted by atomic mass is 10.2. The van der Waals surface area contributed by atoms with Crippen LogP contribution in [0.2, 0.25) is 10.0 Å². The van der Waals surface area contributed by atoms with Crippen molar-refractivity contribution in [2.24, 2.45) is 5.10 Å². The van der Waals surface area contributed by atoms with Crippen LogP contribution in [0.4, 0.5) is 0 Å². The molecule has 42 heavy (non-hydrogen) atoms. The summed E-state index contributed by atoms with van der Waals surface area (Å²) in [4.78, 5) is 18.4. The highest BCUT2D eigenvalue weighted by Gasteiger charge is 2.17. The van der Waals surface area contributed by atoms with Gasteiger partial charge in [-0.2, -0.15) is 9.78 Å². The first-order valence-corrected chi connectivity index (χ1v) is 14.8. The van der Waals surface area contributed by atoms with Crippen LogP contribution in [-0.4, -0.2) is 22.5 Å². The van der Waals surface area contributed by atoms with Gasteiger partial charge in [-0.3, -0.25) is 4.79 Å². The average molecular weight is 710 g/mol. The third kappa shape index (κ3) is 5.74. The number of benzene rings is 4. The monoisotopic (exact) mass is 709 g/mol. The van der Waals surface area contributed by atoms with Gasteiger partial charge in [-0.05, 0) is 89.2 Å². The first-order valence-electron chi connectivity index (χ1n) is 13.0. The Morgan fingerprint density at radius 2 is 1.79 bits per heavy atom. The molecule has 0 fully saturated rings. The SMILES string of the molecule is CCOc1cc(C=Nn2c(-c3cc4ccccc4o3)nc3ccccc3c2=O)cc(I)c1OCc1ccc(Cl)c(Cl)c1. The van der Waals surface area contributed by atoms with Crippen molar-refractivity contribution < 1.29 is 13.9 Å². The third-order valence-corrected chi connectivity index (χ3v) is 7.96. The number of hydrogen-bond donors (Lipinski definition) is 0. The van der Waals surface area contributed by atoms with Gasteiger partial charge in [0.05, 0.1) is 37.3 Å². The lowest BCUT2D eigenvalue weighted by Gasteiger charge is -2.15. The highest BCUT2D eigenvalue weighted by Crippen LogP contribution is 2.35. The second-order valence-corrected chi connectivity index (χ2v) is 11.2. The summed E-state index contributed by atoms with van der Waals surface area (Å²) in [5.74, 6) is 1.87. The average Bonchev–Trinajstić information content (AvgIpc) is 3.42. The Morgan fingerprint density at radius 1 is 0.976 bits per heavy atom. The van der Waals surface area contributed by atoms with Crippen LogP contribution in [0.25, 0.3) is 33.5 Å². The second-order valence-electron chi connectivity index (χ2n) is 9.26. The smallest absolute Gasteiger partial charge is 0.282 e. The van der Waals surface area contributed by atoms with Crippen LogP contribution in [0.1, 0.15) is 18.1 Å². The van der Waals surface area contributed by atoms with Crippen molar-refractivity contribution >= 4 is 73.9 Å². The van der Waals surface area contributed by atoms with Crippen molar-refractivity contribution in [2.75, 3.05) is 6.61 Å². The van der Waals surface area contributed by atoms with E-state index in [2.05, 4.69) is 27.7 Å². The van der Waals surface area contributed by atoms with Gasteiger partial charge in [-0.25, -0.2) is 4.98 Å². The van der Waals surface area contributed by atoms with Crippen LogP contribution < -0.4 is 15.0 Å². The molecule has 0 unspecified atom stereocenters. The summed E-state index contributed by atoms with van der Waals surface area (Å²) in [7, 11) is 0. The Labute approximate surface area is 264 Å². The molecule has 0 radical (unpaired) electrons. The van der Waals surface area contributed by atoms with Gasteiger partial charge >= 0.3 is 0 Å². The van der Waals surface area contributed by atoms with Gasteiger partial charge in [0.15, 0.2) is 17.3 Å². The minimum absolute atomic E-state index is 0.277. The molecule has 10 heteroatoms. The van der Waals surface area contributed by atoms with Crippen molar-refractivity contribution in [3.63, 3.8) is 0 Å². The zero-order valence-corrected chi connectivity index (χ0v) is 25.9. The van der Waals surface area contributed by atoms with Crippen molar-refractivity contribution in [2.45, 2.75) is 13.5 Å². The van der Waals surface area contributed by atoms with Gasteiger partial charge in [0.25, 0.3) is 5.56 Å². The van der Waals surface area contributed by atoms with E-state index in [9.17, 15) is 4.79 Å². The molecule has 4 aromatic carbocycles. The molecule has 0 atom stereocenters. The minimum Gasteiger partial charge on any atom is -0.490 e. The fourth-order valence-electron chi connectivity index (χ4n) is 4.46. The number of aromatic nitrogens is 2. The second kappa shape index (κ2) is 12.2. The number of rotatable bonds is 8. The summed E-state index contributed by atoms with van der Waals surface area (Å²) in [6.07, 6.45) is 1.59. The molecule has 6 aromatic rings. The predicted octanol–water partition coefficient (Wildman–Crippen LogP) is 8.58. The Morgan fingerprint density at radius 3 is 2.60 bits per heavy atom. The topological polar surface area (TPSA) is 78.9 Å². The summed E-state index contributed by atoms with van der Waals surface area (Å²) < 4.78 is 20.2. The molecule has 0 aliphatic rings. The van der Waals surface area contributed by atoms with E-state index in [1.807, 2.05) is 61.5 Å². The molecule has 210 valence electrons. The molecule has 6 rings (SSSR count). The highest BCUT2D eigenvalue weighted by atomic mass is 127.